The van der Waals surface area contributed by atoms with Crippen LogP contribution in [0.25, 0.3) is 0 Å². The van der Waals surface area contributed by atoms with Crippen molar-refractivity contribution in [2.75, 3.05) is 45.8 Å². The zero-order valence-corrected chi connectivity index (χ0v) is 16.6. The summed E-state index contributed by atoms with van der Waals surface area (Å²) in [6, 6.07) is 0.319. The van der Waals surface area contributed by atoms with E-state index in [1.807, 2.05) is 13.8 Å². The Bertz CT molecular complexity index is 506. The highest BCUT2D eigenvalue weighted by molar-refractivity contribution is 7.86. The second kappa shape index (κ2) is 9.85. The number of carbonyl (C=O) groups excluding carboxylic acids is 1. The molecule has 25 heavy (non-hydrogen) atoms. The third-order valence-electron chi connectivity index (χ3n) is 5.28. The second-order valence-corrected chi connectivity index (χ2v) is 8.95. The third-order valence-corrected chi connectivity index (χ3v) is 7.46. The van der Waals surface area contributed by atoms with Gasteiger partial charge in [-0.25, -0.2) is 0 Å². The Kier molecular flexibility index (Phi) is 8.12. The maximum atomic E-state index is 12.5. The molecule has 1 heterocycles. The van der Waals surface area contributed by atoms with Gasteiger partial charge in [0.15, 0.2) is 0 Å². The van der Waals surface area contributed by atoms with Gasteiger partial charge in [-0.3, -0.25) is 9.69 Å². The number of piperazine rings is 1. The number of hydrogen-bond acceptors (Lipinski definition) is 4. The van der Waals surface area contributed by atoms with Crippen LogP contribution >= 0.6 is 0 Å². The highest BCUT2D eigenvalue weighted by Gasteiger charge is 2.31. The molecule has 0 unspecified atom stereocenters. The Morgan fingerprint density at radius 1 is 1.00 bits per heavy atom. The van der Waals surface area contributed by atoms with Crippen molar-refractivity contribution in [2.24, 2.45) is 0 Å². The van der Waals surface area contributed by atoms with Gasteiger partial charge < -0.3 is 5.32 Å². The molecule has 1 saturated carbocycles. The summed E-state index contributed by atoms with van der Waals surface area (Å²) in [5.74, 6) is 0.0759. The number of rotatable bonds is 7. The predicted octanol–water partition coefficient (Wildman–Crippen LogP) is 1.03. The zero-order chi connectivity index (χ0) is 18.3. The minimum absolute atomic E-state index is 0.0759. The lowest BCUT2D eigenvalue weighted by Gasteiger charge is -2.36. The van der Waals surface area contributed by atoms with Crippen LogP contribution in [0.1, 0.15) is 52.4 Å². The first kappa shape index (κ1) is 20.6. The van der Waals surface area contributed by atoms with Crippen LogP contribution in [0.4, 0.5) is 0 Å². The van der Waals surface area contributed by atoms with E-state index in [-0.39, 0.29) is 5.91 Å². The fraction of sp³-hybridized carbons (Fsp3) is 0.941. The number of hydrogen-bond donors (Lipinski definition) is 1. The summed E-state index contributed by atoms with van der Waals surface area (Å²) in [7, 11) is -3.36. The molecule has 0 bridgehead atoms. The van der Waals surface area contributed by atoms with E-state index in [4.69, 9.17) is 0 Å². The van der Waals surface area contributed by atoms with Gasteiger partial charge in [-0.1, -0.05) is 39.5 Å². The van der Waals surface area contributed by atoms with Gasteiger partial charge in [0, 0.05) is 45.3 Å². The quantitative estimate of drug-likeness (QED) is 0.676. The molecule has 146 valence electrons. The van der Waals surface area contributed by atoms with Gasteiger partial charge in [0.1, 0.15) is 0 Å². The van der Waals surface area contributed by atoms with E-state index in [1.54, 1.807) is 4.31 Å². The Morgan fingerprint density at radius 3 is 2.08 bits per heavy atom. The van der Waals surface area contributed by atoms with E-state index in [0.29, 0.717) is 51.9 Å². The topological polar surface area (TPSA) is 73.0 Å². The summed E-state index contributed by atoms with van der Waals surface area (Å²) in [6.07, 6.45) is 7.12. The normalized spacial score (nSPS) is 22.0. The van der Waals surface area contributed by atoms with E-state index in [1.165, 1.54) is 30.0 Å². The number of carbonyl (C=O) groups is 1. The van der Waals surface area contributed by atoms with Crippen LogP contribution in [0, 0.1) is 0 Å². The molecule has 1 saturated heterocycles. The molecule has 1 aliphatic carbocycles. The van der Waals surface area contributed by atoms with Crippen molar-refractivity contribution in [2.45, 2.75) is 58.4 Å². The van der Waals surface area contributed by atoms with Crippen molar-refractivity contribution in [3.63, 3.8) is 0 Å². The van der Waals surface area contributed by atoms with Gasteiger partial charge in [-0.15, -0.1) is 0 Å². The van der Waals surface area contributed by atoms with Crippen molar-refractivity contribution >= 4 is 16.1 Å². The summed E-state index contributed by atoms with van der Waals surface area (Å²) in [5.41, 5.74) is 0. The molecule has 1 amide bonds. The van der Waals surface area contributed by atoms with Crippen molar-refractivity contribution in [3.05, 3.63) is 0 Å². The molecular formula is C17H34N4O3S. The van der Waals surface area contributed by atoms with Gasteiger partial charge >= 0.3 is 0 Å². The Morgan fingerprint density at radius 2 is 1.56 bits per heavy atom. The van der Waals surface area contributed by atoms with Crippen LogP contribution in [-0.4, -0.2) is 79.7 Å². The van der Waals surface area contributed by atoms with Crippen molar-refractivity contribution in [1.29, 1.82) is 0 Å². The van der Waals surface area contributed by atoms with Crippen LogP contribution in [0.15, 0.2) is 0 Å². The van der Waals surface area contributed by atoms with Gasteiger partial charge in [0.25, 0.3) is 10.2 Å². The van der Waals surface area contributed by atoms with Crippen LogP contribution < -0.4 is 5.32 Å². The van der Waals surface area contributed by atoms with Crippen LogP contribution in [0.5, 0.6) is 0 Å². The molecule has 0 radical (unpaired) electrons. The zero-order valence-electron chi connectivity index (χ0n) is 15.7. The minimum Gasteiger partial charge on any atom is -0.352 e. The summed E-state index contributed by atoms with van der Waals surface area (Å²) in [6.45, 7) is 7.19. The maximum Gasteiger partial charge on any atom is 0.282 e. The van der Waals surface area contributed by atoms with Crippen molar-refractivity contribution < 1.29 is 13.2 Å². The number of nitrogens with one attached hydrogen (secondary N) is 1. The molecule has 0 aromatic carbocycles. The summed E-state index contributed by atoms with van der Waals surface area (Å²) >= 11 is 0. The average Bonchev–Trinajstić information content (AvgIpc) is 2.84. The lowest BCUT2D eigenvalue weighted by Crippen LogP contribution is -2.54. The molecule has 2 aliphatic rings. The van der Waals surface area contributed by atoms with E-state index < -0.39 is 10.2 Å². The van der Waals surface area contributed by atoms with Gasteiger partial charge in [-0.05, 0) is 12.8 Å². The summed E-state index contributed by atoms with van der Waals surface area (Å²) < 4.78 is 28.1. The molecule has 7 nitrogen and oxygen atoms in total. The monoisotopic (exact) mass is 374 g/mol. The lowest BCUT2D eigenvalue weighted by molar-refractivity contribution is -0.123. The molecule has 0 spiro atoms. The molecule has 0 aromatic rings. The van der Waals surface area contributed by atoms with E-state index in [2.05, 4.69) is 10.2 Å². The van der Waals surface area contributed by atoms with E-state index >= 15 is 0 Å². The summed E-state index contributed by atoms with van der Waals surface area (Å²) in [5, 5.41) is 3.16. The van der Waals surface area contributed by atoms with Gasteiger partial charge in [-0.2, -0.15) is 17.0 Å². The summed E-state index contributed by atoms with van der Waals surface area (Å²) in [4.78, 5) is 14.3. The smallest absolute Gasteiger partial charge is 0.282 e. The third kappa shape index (κ3) is 5.91. The molecule has 0 aromatic heterocycles. The Labute approximate surface area is 152 Å². The largest absolute Gasteiger partial charge is 0.352 e. The maximum absolute atomic E-state index is 12.5. The van der Waals surface area contributed by atoms with Crippen LogP contribution in [0.2, 0.25) is 0 Å². The van der Waals surface area contributed by atoms with Gasteiger partial charge in [0.2, 0.25) is 5.91 Å². The Balaban J connectivity index is 1.77. The molecule has 0 atom stereocenters. The van der Waals surface area contributed by atoms with E-state index in [9.17, 15) is 13.2 Å². The molecule has 8 heteroatoms. The number of amides is 1. The molecule has 1 aliphatic heterocycles. The first-order valence-electron chi connectivity index (χ1n) is 9.74. The fourth-order valence-corrected chi connectivity index (χ4v) is 5.34. The molecule has 2 fully saturated rings. The highest BCUT2D eigenvalue weighted by Crippen LogP contribution is 2.17. The standard InChI is InChI=1S/C17H34N4O3S/c1-3-20(4-2)25(23,24)21-13-11-19(12-14-21)15-17(22)18-16-9-7-5-6-8-10-16/h16H,3-15H2,1-2H3,(H,18,22). The van der Waals surface area contributed by atoms with Gasteiger partial charge in [0.05, 0.1) is 6.54 Å². The lowest BCUT2D eigenvalue weighted by atomic mass is 10.1. The van der Waals surface area contributed by atoms with Crippen molar-refractivity contribution in [1.82, 2.24) is 18.8 Å². The fourth-order valence-electron chi connectivity index (χ4n) is 3.73. The average molecular weight is 375 g/mol. The molecule has 2 rings (SSSR count). The second-order valence-electron chi connectivity index (χ2n) is 7.02. The molecular weight excluding hydrogens is 340 g/mol. The first-order valence-corrected chi connectivity index (χ1v) is 11.1. The van der Waals surface area contributed by atoms with Crippen LogP contribution in [0.3, 0.4) is 0 Å². The van der Waals surface area contributed by atoms with Crippen LogP contribution in [-0.2, 0) is 15.0 Å². The predicted molar refractivity (Wildman–Crippen MR) is 99.5 cm³/mol. The highest BCUT2D eigenvalue weighted by atomic mass is 32.2. The minimum atomic E-state index is -3.36. The van der Waals surface area contributed by atoms with Crippen molar-refractivity contribution in [3.8, 4) is 0 Å². The number of nitrogens with zero attached hydrogens (tertiary/aromatic N) is 3. The Hall–Kier alpha value is -0.700. The first-order chi connectivity index (χ1) is 12.0. The molecule has 1 N–H and O–H groups in total. The SMILES string of the molecule is CCN(CC)S(=O)(=O)N1CCN(CC(=O)NC2CCCCCC2)CC1. The van der Waals surface area contributed by atoms with E-state index in [0.717, 1.165) is 12.8 Å².